The smallest absolute Gasteiger partial charge is 0.277 e. The first-order chi connectivity index (χ1) is 25.5. The van der Waals surface area contributed by atoms with Gasteiger partial charge >= 0.3 is 0 Å². The van der Waals surface area contributed by atoms with Crippen LogP contribution in [0.3, 0.4) is 0 Å². The predicted molar refractivity (Wildman–Crippen MR) is 214 cm³/mol. The van der Waals surface area contributed by atoms with E-state index in [9.17, 15) is 9.59 Å². The highest BCUT2D eigenvalue weighted by atomic mass is 32.2. The Kier molecular flexibility index (Phi) is 10.7. The van der Waals surface area contributed by atoms with Crippen molar-refractivity contribution in [1.82, 2.24) is 38.4 Å². The van der Waals surface area contributed by atoms with Crippen LogP contribution in [0.2, 0.25) is 0 Å². The van der Waals surface area contributed by atoms with Gasteiger partial charge in [0.1, 0.15) is 5.75 Å². The van der Waals surface area contributed by atoms with Gasteiger partial charge in [0.25, 0.3) is 11.8 Å². The number of hydrogen-bond donors (Lipinski definition) is 1. The molecule has 2 fully saturated rings. The number of allylic oxidation sites excluding steroid dienone is 1. The molecule has 2 amide bonds. The molecule has 7 rings (SSSR count). The van der Waals surface area contributed by atoms with Gasteiger partial charge in [0.2, 0.25) is 0 Å². The summed E-state index contributed by atoms with van der Waals surface area (Å²) in [6, 6.07) is 12.6. The number of fused-ring (bicyclic) bond motifs is 5. The second-order valence-corrected chi connectivity index (χ2v) is 16.9. The van der Waals surface area contributed by atoms with E-state index in [1.165, 1.54) is 48.0 Å². The number of hydrogen-bond acceptors (Lipinski definition) is 8. The maximum atomic E-state index is 14.8. The summed E-state index contributed by atoms with van der Waals surface area (Å²) < 4.78 is 14.9. The van der Waals surface area contributed by atoms with E-state index >= 15 is 0 Å². The van der Waals surface area contributed by atoms with E-state index in [2.05, 4.69) is 83.6 Å². The van der Waals surface area contributed by atoms with E-state index in [1.807, 2.05) is 46.2 Å². The Bertz CT molecular complexity index is 2040. The summed E-state index contributed by atoms with van der Waals surface area (Å²) >= 11 is 1.27. The number of nitrogens with one attached hydrogen (secondary N) is 1. The lowest BCUT2D eigenvalue weighted by Gasteiger charge is -2.30. The normalized spacial score (nSPS) is 19.2. The summed E-state index contributed by atoms with van der Waals surface area (Å²) in [5.41, 5.74) is 8.34. The van der Waals surface area contributed by atoms with E-state index in [0.29, 0.717) is 23.7 Å². The van der Waals surface area contributed by atoms with Crippen molar-refractivity contribution < 1.29 is 14.3 Å². The van der Waals surface area contributed by atoms with Crippen molar-refractivity contribution in [3.63, 3.8) is 0 Å². The molecule has 2 aromatic heterocycles. The zero-order chi connectivity index (χ0) is 37.6. The Hall–Kier alpha value is -4.13. The third-order valence-corrected chi connectivity index (χ3v) is 11.8. The van der Waals surface area contributed by atoms with Gasteiger partial charge in [0, 0.05) is 64.4 Å². The average molecular weight is 739 g/mol. The van der Waals surface area contributed by atoms with Gasteiger partial charge in [-0.05, 0) is 128 Å². The molecule has 3 aliphatic rings. The lowest BCUT2D eigenvalue weighted by molar-refractivity contribution is 0.0649. The fraction of sp³-hybridized carbons (Fsp3) is 0.512. The van der Waals surface area contributed by atoms with Gasteiger partial charge in [-0.2, -0.15) is 0 Å². The molecule has 2 aliphatic heterocycles. The van der Waals surface area contributed by atoms with Crippen LogP contribution < -0.4 is 9.46 Å². The van der Waals surface area contributed by atoms with E-state index in [4.69, 9.17) is 4.74 Å². The first-order valence-electron chi connectivity index (χ1n) is 19.1. The minimum absolute atomic E-state index is 0.0373. The predicted octanol–water partition coefficient (Wildman–Crippen LogP) is 7.50. The first-order valence-corrected chi connectivity index (χ1v) is 19.9. The summed E-state index contributed by atoms with van der Waals surface area (Å²) in [6.07, 6.45) is 10.0. The number of amides is 2. The van der Waals surface area contributed by atoms with Crippen LogP contribution in [-0.4, -0.2) is 99.4 Å². The first kappa shape index (κ1) is 37.2. The third kappa shape index (κ3) is 7.13. The van der Waals surface area contributed by atoms with Gasteiger partial charge in [-0.1, -0.05) is 30.5 Å². The quantitative estimate of drug-likeness (QED) is 0.167. The van der Waals surface area contributed by atoms with Crippen LogP contribution in [0.15, 0.2) is 36.4 Å². The molecule has 0 bridgehead atoms. The van der Waals surface area contributed by atoms with Gasteiger partial charge in [0.15, 0.2) is 5.69 Å². The molecule has 2 unspecified atom stereocenters. The highest BCUT2D eigenvalue weighted by Gasteiger charge is 2.39. The summed E-state index contributed by atoms with van der Waals surface area (Å²) in [5, 5.41) is 10.5. The number of likely N-dealkylation sites (N-methyl/N-ethyl adjacent to an activating group) is 1. The number of aromatic nitrogens is 4. The molecular weight excluding hydrogens is 685 g/mol. The van der Waals surface area contributed by atoms with E-state index in [0.717, 1.165) is 65.9 Å². The number of ether oxygens (including phenoxy) is 1. The summed E-state index contributed by atoms with van der Waals surface area (Å²) in [4.78, 5) is 32.4. The van der Waals surface area contributed by atoms with Crippen molar-refractivity contribution in [2.24, 2.45) is 0 Å². The van der Waals surface area contributed by atoms with Crippen LogP contribution in [0, 0.1) is 0 Å². The Morgan fingerprint density at radius 2 is 1.77 bits per heavy atom. The molecule has 2 atom stereocenters. The average Bonchev–Trinajstić information content (AvgIpc) is 3.80. The van der Waals surface area contributed by atoms with Crippen molar-refractivity contribution in [1.29, 1.82) is 0 Å². The molecule has 1 N–H and O–H groups in total. The summed E-state index contributed by atoms with van der Waals surface area (Å²) in [5.74, 6) is 0.951. The molecule has 0 radical (unpaired) electrons. The van der Waals surface area contributed by atoms with Gasteiger partial charge in [-0.15, -0.1) is 5.10 Å². The lowest BCUT2D eigenvalue weighted by Crippen LogP contribution is -2.45. The minimum Gasteiger partial charge on any atom is -0.497 e. The maximum absolute atomic E-state index is 14.8. The molecule has 11 nitrogen and oxygen atoms in total. The molecule has 12 heteroatoms. The Labute approximate surface area is 318 Å². The van der Waals surface area contributed by atoms with Gasteiger partial charge in [-0.25, -0.2) is 8.99 Å². The second kappa shape index (κ2) is 15.3. The monoisotopic (exact) mass is 738 g/mol. The van der Waals surface area contributed by atoms with E-state index in [-0.39, 0.29) is 29.9 Å². The van der Waals surface area contributed by atoms with E-state index < -0.39 is 0 Å². The van der Waals surface area contributed by atoms with Crippen molar-refractivity contribution in [3.8, 4) is 17.0 Å². The summed E-state index contributed by atoms with van der Waals surface area (Å²) in [7, 11) is 9.63. The SMILES string of the molecule is COc1ccc2c(c1)C=C(c1c(C(=O)N3C(C)CCC3CN(C)C)nnn1C(C)C)Cn1c-2c(C2CCCCC2)c2ccc(C(=O)NSN(C)C)cc21. The Morgan fingerprint density at radius 1 is 1.00 bits per heavy atom. The molecule has 1 aliphatic carbocycles. The van der Waals surface area contributed by atoms with Gasteiger partial charge in [-0.3, -0.25) is 14.3 Å². The van der Waals surface area contributed by atoms with Crippen LogP contribution in [0.1, 0.15) is 115 Å². The largest absolute Gasteiger partial charge is 0.497 e. The number of carbonyl (C=O) groups is 2. The molecular formula is C41H54N8O3S. The Morgan fingerprint density at radius 3 is 2.47 bits per heavy atom. The number of likely N-dealkylation sites (tertiary alicyclic amines) is 1. The van der Waals surface area contributed by atoms with Crippen molar-refractivity contribution in [2.75, 3.05) is 41.8 Å². The van der Waals surface area contributed by atoms with Crippen LogP contribution in [0.25, 0.3) is 33.8 Å². The highest BCUT2D eigenvalue weighted by molar-refractivity contribution is 7.95. The summed E-state index contributed by atoms with van der Waals surface area (Å²) in [6.45, 7) is 7.59. The molecule has 1 saturated carbocycles. The molecule has 4 aromatic rings. The van der Waals surface area contributed by atoms with Crippen LogP contribution in [0.4, 0.5) is 0 Å². The molecule has 53 heavy (non-hydrogen) atoms. The highest BCUT2D eigenvalue weighted by Crippen LogP contribution is 2.48. The number of nitrogens with zero attached hydrogens (tertiary/aromatic N) is 7. The topological polar surface area (TPSA) is 101 Å². The van der Waals surface area contributed by atoms with Crippen molar-refractivity contribution in [3.05, 3.63) is 64.5 Å². The number of carbonyl (C=O) groups excluding carboxylic acids is 2. The zero-order valence-electron chi connectivity index (χ0n) is 32.5. The maximum Gasteiger partial charge on any atom is 0.277 e. The fourth-order valence-corrected chi connectivity index (χ4v) is 9.16. The van der Waals surface area contributed by atoms with Crippen molar-refractivity contribution in [2.45, 2.75) is 96.3 Å². The lowest BCUT2D eigenvalue weighted by atomic mass is 9.81. The molecule has 1 saturated heterocycles. The number of rotatable bonds is 10. The zero-order valence-corrected chi connectivity index (χ0v) is 33.3. The van der Waals surface area contributed by atoms with Crippen LogP contribution in [-0.2, 0) is 6.54 Å². The molecule has 0 spiro atoms. The van der Waals surface area contributed by atoms with Crippen LogP contribution in [0.5, 0.6) is 5.75 Å². The molecule has 2 aromatic carbocycles. The minimum atomic E-state index is -0.142. The van der Waals surface area contributed by atoms with Crippen LogP contribution >= 0.6 is 12.1 Å². The number of benzene rings is 2. The van der Waals surface area contributed by atoms with E-state index in [1.54, 1.807) is 7.11 Å². The number of methoxy groups -OCH3 is 1. The van der Waals surface area contributed by atoms with Gasteiger partial charge < -0.3 is 19.1 Å². The molecule has 282 valence electrons. The second-order valence-electron chi connectivity index (χ2n) is 15.8. The third-order valence-electron chi connectivity index (χ3n) is 11.2. The molecule has 4 heterocycles. The fourth-order valence-electron chi connectivity index (χ4n) is 8.78. The Balaban J connectivity index is 1.45. The van der Waals surface area contributed by atoms with Gasteiger partial charge in [0.05, 0.1) is 25.0 Å². The van der Waals surface area contributed by atoms with Crippen molar-refractivity contribution >= 4 is 46.5 Å². The standard InChI is InChI=1S/C41H54N8O3S/c1-25(2)49-38(37(42-44-49)41(51)48-26(3)14-16-31(48)24-45(4)5)30-20-29-21-32(52-8)17-19-33(29)39-36(27-12-10-9-11-13-27)34-18-15-28(22-35(34)47(39)23-30)40(50)43-53-46(6)7/h15,17-22,25-27,31H,9-14,16,23-24H2,1-8H3,(H,43,50).